The van der Waals surface area contributed by atoms with Gasteiger partial charge in [-0.3, -0.25) is 4.98 Å². The summed E-state index contributed by atoms with van der Waals surface area (Å²) in [5.41, 5.74) is 3.54. The first kappa shape index (κ1) is 11.8. The van der Waals surface area contributed by atoms with Crippen LogP contribution in [-0.4, -0.2) is 27.1 Å². The lowest BCUT2D eigenvalue weighted by Gasteiger charge is -2.06. The monoisotopic (exact) mass is 276 g/mol. The predicted octanol–water partition coefficient (Wildman–Crippen LogP) is 2.98. The zero-order chi connectivity index (χ0) is 14.2. The summed E-state index contributed by atoms with van der Waals surface area (Å²) in [4.78, 5) is 4.50. The highest BCUT2D eigenvalue weighted by atomic mass is 16.5. The molecule has 0 saturated carbocycles. The first-order valence-electron chi connectivity index (χ1n) is 6.60. The maximum absolute atomic E-state index is 5.33. The molecule has 5 nitrogen and oxygen atoms in total. The van der Waals surface area contributed by atoms with Crippen molar-refractivity contribution in [3.63, 3.8) is 0 Å². The number of nitrogens with zero attached hydrogens (tertiary/aromatic N) is 4. The molecule has 0 unspecified atom stereocenters. The third kappa shape index (κ3) is 1.82. The van der Waals surface area contributed by atoms with E-state index in [0.29, 0.717) is 0 Å². The highest BCUT2D eigenvalue weighted by Crippen LogP contribution is 2.25. The van der Waals surface area contributed by atoms with E-state index in [1.165, 1.54) is 0 Å². The maximum atomic E-state index is 5.33. The zero-order valence-electron chi connectivity index (χ0n) is 11.4. The van der Waals surface area contributed by atoms with Gasteiger partial charge >= 0.3 is 0 Å². The summed E-state index contributed by atoms with van der Waals surface area (Å²) in [5.74, 6) is 0.766. The van der Waals surface area contributed by atoms with E-state index >= 15 is 0 Å². The van der Waals surface area contributed by atoms with Crippen molar-refractivity contribution in [2.75, 3.05) is 7.11 Å². The van der Waals surface area contributed by atoms with Crippen molar-refractivity contribution >= 4 is 21.9 Å². The molecular formula is C16H12N4O. The van der Waals surface area contributed by atoms with E-state index in [1.54, 1.807) is 18.0 Å². The molecule has 0 radical (unpaired) electrons. The molecule has 102 valence electrons. The van der Waals surface area contributed by atoms with Crippen LogP contribution in [0.5, 0.6) is 5.75 Å². The Hall–Kier alpha value is -2.95. The fourth-order valence-corrected chi connectivity index (χ4v) is 2.46. The summed E-state index contributed by atoms with van der Waals surface area (Å²) in [6, 6.07) is 15.7. The molecule has 2 aromatic carbocycles. The minimum absolute atomic E-state index is 0.766. The average Bonchev–Trinajstić information content (AvgIpc) is 2.97. The van der Waals surface area contributed by atoms with Crippen LogP contribution >= 0.6 is 0 Å². The van der Waals surface area contributed by atoms with Crippen molar-refractivity contribution in [2.45, 2.75) is 0 Å². The van der Waals surface area contributed by atoms with Crippen LogP contribution in [0.2, 0.25) is 0 Å². The van der Waals surface area contributed by atoms with Crippen molar-refractivity contribution < 1.29 is 4.74 Å². The first-order valence-corrected chi connectivity index (χ1v) is 6.60. The minimum atomic E-state index is 0.766. The SMILES string of the molecule is COc1cccc2cc(-n3nnc4ccccc43)cnc12. The molecule has 2 aromatic heterocycles. The largest absolute Gasteiger partial charge is 0.494 e. The second-order valence-electron chi connectivity index (χ2n) is 4.72. The lowest BCUT2D eigenvalue weighted by molar-refractivity contribution is 0.419. The number of fused-ring (bicyclic) bond motifs is 2. The van der Waals surface area contributed by atoms with Crippen LogP contribution < -0.4 is 4.74 Å². The number of benzene rings is 2. The summed E-state index contributed by atoms with van der Waals surface area (Å²) in [6.45, 7) is 0. The number of methoxy groups -OCH3 is 1. The molecule has 0 aliphatic rings. The first-order chi connectivity index (χ1) is 10.4. The van der Waals surface area contributed by atoms with E-state index < -0.39 is 0 Å². The van der Waals surface area contributed by atoms with Crippen LogP contribution in [0.1, 0.15) is 0 Å². The number of aromatic nitrogens is 4. The number of hydrogen-bond acceptors (Lipinski definition) is 4. The standard InChI is InChI=1S/C16H12N4O/c1-21-15-8-4-5-11-9-12(10-17-16(11)15)20-14-7-3-2-6-13(14)18-19-20/h2-10H,1H3. The summed E-state index contributed by atoms with van der Waals surface area (Å²) < 4.78 is 7.12. The second kappa shape index (κ2) is 4.56. The van der Waals surface area contributed by atoms with E-state index in [1.807, 2.05) is 48.5 Å². The highest BCUT2D eigenvalue weighted by Gasteiger charge is 2.08. The predicted molar refractivity (Wildman–Crippen MR) is 80.7 cm³/mol. The van der Waals surface area contributed by atoms with Gasteiger partial charge in [-0.15, -0.1) is 5.10 Å². The van der Waals surface area contributed by atoms with Crippen LogP contribution in [0.15, 0.2) is 54.7 Å². The summed E-state index contributed by atoms with van der Waals surface area (Å²) in [5, 5.41) is 9.39. The molecule has 2 heterocycles. The lowest BCUT2D eigenvalue weighted by Crippen LogP contribution is -1.98. The smallest absolute Gasteiger partial charge is 0.145 e. The van der Waals surface area contributed by atoms with Gasteiger partial charge in [-0.1, -0.05) is 29.5 Å². The topological polar surface area (TPSA) is 52.8 Å². The fourth-order valence-electron chi connectivity index (χ4n) is 2.46. The van der Waals surface area contributed by atoms with Crippen LogP contribution in [-0.2, 0) is 0 Å². The molecule has 21 heavy (non-hydrogen) atoms. The third-order valence-electron chi connectivity index (χ3n) is 3.48. The van der Waals surface area contributed by atoms with Gasteiger partial charge in [-0.25, -0.2) is 4.68 Å². The van der Waals surface area contributed by atoms with Crippen LogP contribution in [0, 0.1) is 0 Å². The molecule has 0 bridgehead atoms. The second-order valence-corrected chi connectivity index (χ2v) is 4.72. The summed E-state index contributed by atoms with van der Waals surface area (Å²) in [6.07, 6.45) is 1.78. The van der Waals surface area contributed by atoms with Crippen LogP contribution in [0.4, 0.5) is 0 Å². The Labute approximate surface area is 120 Å². The number of ether oxygens (including phenoxy) is 1. The molecule has 0 N–H and O–H groups in total. The molecule has 4 aromatic rings. The number of pyridine rings is 1. The Morgan fingerprint density at radius 1 is 1.05 bits per heavy atom. The number of hydrogen-bond donors (Lipinski definition) is 0. The van der Waals surface area contributed by atoms with E-state index in [0.717, 1.165) is 33.4 Å². The van der Waals surface area contributed by atoms with E-state index in [9.17, 15) is 0 Å². The number of rotatable bonds is 2. The lowest BCUT2D eigenvalue weighted by atomic mass is 10.2. The van der Waals surface area contributed by atoms with Crippen molar-refractivity contribution in [2.24, 2.45) is 0 Å². The van der Waals surface area contributed by atoms with E-state index in [2.05, 4.69) is 15.3 Å². The Balaban J connectivity index is 1.95. The maximum Gasteiger partial charge on any atom is 0.145 e. The Bertz CT molecular complexity index is 945. The third-order valence-corrected chi connectivity index (χ3v) is 3.48. The van der Waals surface area contributed by atoms with Gasteiger partial charge in [-0.05, 0) is 24.3 Å². The fraction of sp³-hybridized carbons (Fsp3) is 0.0625. The molecule has 5 heteroatoms. The van der Waals surface area contributed by atoms with Gasteiger partial charge in [-0.2, -0.15) is 0 Å². The van der Waals surface area contributed by atoms with Crippen LogP contribution in [0.3, 0.4) is 0 Å². The number of para-hydroxylation sites is 2. The molecular weight excluding hydrogens is 264 g/mol. The van der Waals surface area contributed by atoms with Crippen LogP contribution in [0.25, 0.3) is 27.6 Å². The van der Waals surface area contributed by atoms with Gasteiger partial charge in [0, 0.05) is 5.39 Å². The Morgan fingerprint density at radius 2 is 1.95 bits per heavy atom. The summed E-state index contributed by atoms with van der Waals surface area (Å²) >= 11 is 0. The van der Waals surface area contributed by atoms with E-state index in [4.69, 9.17) is 4.74 Å². The molecule has 0 saturated heterocycles. The molecule has 4 rings (SSSR count). The van der Waals surface area contributed by atoms with Crippen molar-refractivity contribution in [1.82, 2.24) is 20.0 Å². The molecule has 0 aliphatic heterocycles. The van der Waals surface area contributed by atoms with E-state index in [-0.39, 0.29) is 0 Å². The Morgan fingerprint density at radius 3 is 2.86 bits per heavy atom. The Kier molecular flexibility index (Phi) is 2.57. The molecule has 0 spiro atoms. The van der Waals surface area contributed by atoms with Crippen molar-refractivity contribution in [3.05, 3.63) is 54.7 Å². The molecule has 0 aliphatic carbocycles. The molecule has 0 atom stereocenters. The van der Waals surface area contributed by atoms with Gasteiger partial charge < -0.3 is 4.74 Å². The van der Waals surface area contributed by atoms with Crippen molar-refractivity contribution in [3.8, 4) is 11.4 Å². The quantitative estimate of drug-likeness (QED) is 0.565. The van der Waals surface area contributed by atoms with Gasteiger partial charge in [0.25, 0.3) is 0 Å². The molecule has 0 fully saturated rings. The van der Waals surface area contributed by atoms with Crippen molar-refractivity contribution in [1.29, 1.82) is 0 Å². The van der Waals surface area contributed by atoms with Gasteiger partial charge in [0.2, 0.25) is 0 Å². The highest BCUT2D eigenvalue weighted by molar-refractivity contribution is 5.86. The van der Waals surface area contributed by atoms with Gasteiger partial charge in [0.05, 0.1) is 24.5 Å². The van der Waals surface area contributed by atoms with Gasteiger partial charge in [0.15, 0.2) is 0 Å². The normalized spacial score (nSPS) is 11.1. The molecule has 0 amide bonds. The minimum Gasteiger partial charge on any atom is -0.494 e. The zero-order valence-corrected chi connectivity index (χ0v) is 11.4. The average molecular weight is 276 g/mol. The summed E-state index contributed by atoms with van der Waals surface area (Å²) in [7, 11) is 1.65. The van der Waals surface area contributed by atoms with Gasteiger partial charge in [0.1, 0.15) is 16.8 Å².